The molecular weight excluding hydrogens is 542 g/mol. The summed E-state index contributed by atoms with van der Waals surface area (Å²) in [6.45, 7) is 3.39. The van der Waals surface area contributed by atoms with Gasteiger partial charge in [-0.05, 0) is 57.7 Å². The van der Waals surface area contributed by atoms with Crippen LogP contribution in [0, 0.1) is 13.8 Å². The molecule has 1 saturated carbocycles. The number of anilines is 1. The highest BCUT2D eigenvalue weighted by Crippen LogP contribution is 2.32. The largest absolute Gasteiger partial charge is 0.483 e. The van der Waals surface area contributed by atoms with Crippen LogP contribution in [0.4, 0.5) is 5.69 Å². The maximum atomic E-state index is 13.3. The molecule has 206 valence electrons. The van der Waals surface area contributed by atoms with Gasteiger partial charge in [0.1, 0.15) is 11.3 Å². The Bertz CT molecular complexity index is 1680. The molecule has 0 radical (unpaired) electrons. The first kappa shape index (κ1) is 27.0. The summed E-state index contributed by atoms with van der Waals surface area (Å²) < 4.78 is 47.1. The van der Waals surface area contributed by atoms with Crippen LogP contribution in [0.3, 0.4) is 0 Å². The van der Waals surface area contributed by atoms with Gasteiger partial charge in [-0.15, -0.1) is 11.3 Å². The van der Waals surface area contributed by atoms with Crippen LogP contribution < -0.4 is 19.8 Å². The molecule has 11 nitrogen and oxygen atoms in total. The summed E-state index contributed by atoms with van der Waals surface area (Å²) in [5, 5.41) is 0.646. The lowest BCUT2D eigenvalue weighted by Gasteiger charge is -2.27. The number of aromatic nitrogens is 4. The minimum Gasteiger partial charge on any atom is -0.483 e. The number of methoxy groups -OCH3 is 2. The number of fused-ring (bicyclic) bond motifs is 1. The van der Waals surface area contributed by atoms with Gasteiger partial charge < -0.3 is 14.2 Å². The van der Waals surface area contributed by atoms with Crippen LogP contribution in [0.25, 0.3) is 16.8 Å². The van der Waals surface area contributed by atoms with Crippen LogP contribution in [0.2, 0.25) is 0 Å². The van der Waals surface area contributed by atoms with Crippen molar-refractivity contribution in [1.29, 1.82) is 0 Å². The van der Waals surface area contributed by atoms with E-state index in [1.165, 1.54) is 17.7 Å². The van der Waals surface area contributed by atoms with E-state index in [4.69, 9.17) is 14.2 Å². The lowest BCUT2D eigenvalue weighted by Crippen LogP contribution is -2.30. The summed E-state index contributed by atoms with van der Waals surface area (Å²) in [5.74, 6) is 0.293. The second-order valence-corrected chi connectivity index (χ2v) is 12.4. The number of ether oxygens (including phenoxy) is 3. The minimum atomic E-state index is -3.92. The number of nitrogens with zero attached hydrogens (tertiary/aromatic N) is 4. The van der Waals surface area contributed by atoms with Crippen molar-refractivity contribution in [2.24, 2.45) is 0 Å². The first-order valence-corrected chi connectivity index (χ1v) is 14.7. The molecule has 1 aliphatic carbocycles. The van der Waals surface area contributed by atoms with Gasteiger partial charge in [0.15, 0.2) is 4.21 Å². The van der Waals surface area contributed by atoms with E-state index in [1.54, 1.807) is 51.6 Å². The van der Waals surface area contributed by atoms with Crippen LogP contribution in [-0.4, -0.2) is 54.2 Å². The fraction of sp³-hybridized carbons (Fsp3) is 0.385. The van der Waals surface area contributed by atoms with Gasteiger partial charge in [0.2, 0.25) is 11.6 Å². The van der Waals surface area contributed by atoms with Gasteiger partial charge in [-0.1, -0.05) is 0 Å². The summed E-state index contributed by atoms with van der Waals surface area (Å²) in [5.41, 5.74) is 1.91. The normalized spacial score (nSPS) is 17.7. The predicted octanol–water partition coefficient (Wildman–Crippen LogP) is 3.98. The Kier molecular flexibility index (Phi) is 7.56. The van der Waals surface area contributed by atoms with Gasteiger partial charge >= 0.3 is 0 Å². The maximum Gasteiger partial charge on any atom is 0.300 e. The molecule has 4 heterocycles. The van der Waals surface area contributed by atoms with Gasteiger partial charge in [0.05, 0.1) is 36.2 Å². The predicted molar refractivity (Wildman–Crippen MR) is 147 cm³/mol. The summed E-state index contributed by atoms with van der Waals surface area (Å²) in [7, 11) is -0.805. The van der Waals surface area contributed by atoms with E-state index >= 15 is 0 Å². The quantitative estimate of drug-likeness (QED) is 0.333. The second-order valence-electron chi connectivity index (χ2n) is 9.32. The Morgan fingerprint density at radius 2 is 1.77 bits per heavy atom. The maximum absolute atomic E-state index is 13.3. The van der Waals surface area contributed by atoms with Crippen molar-refractivity contribution >= 4 is 32.7 Å². The standard InChI is InChI=1S/C26H29N5O6S2/c1-15-26(38-16(2)29-15)39(33,34)30-21-11-18(12-28-24(21)36-4)17-5-10-23-27-13-22(25(32)31(23)14-17)37-20-8-6-19(35-3)7-9-20/h5,10-14,19-20,30H,6-9H2,1-4H3. The molecule has 0 spiro atoms. The number of sulfonamides is 1. The highest BCUT2D eigenvalue weighted by Gasteiger charge is 2.25. The van der Waals surface area contributed by atoms with E-state index < -0.39 is 10.0 Å². The smallest absolute Gasteiger partial charge is 0.300 e. The molecule has 0 bridgehead atoms. The molecule has 0 unspecified atom stereocenters. The number of rotatable bonds is 8. The summed E-state index contributed by atoms with van der Waals surface area (Å²) in [6, 6.07) is 5.11. The van der Waals surface area contributed by atoms with Crippen molar-refractivity contribution < 1.29 is 22.6 Å². The molecule has 4 aromatic heterocycles. The van der Waals surface area contributed by atoms with Crippen molar-refractivity contribution in [3.63, 3.8) is 0 Å². The van der Waals surface area contributed by atoms with E-state index in [-0.39, 0.29) is 39.3 Å². The number of aryl methyl sites for hydroxylation is 2. The minimum absolute atomic E-state index is 0.0699. The van der Waals surface area contributed by atoms with Crippen LogP contribution in [0.5, 0.6) is 11.6 Å². The zero-order chi connectivity index (χ0) is 27.7. The number of hydrogen-bond donors (Lipinski definition) is 1. The zero-order valence-corrected chi connectivity index (χ0v) is 23.6. The van der Waals surface area contributed by atoms with Gasteiger partial charge in [-0.25, -0.2) is 23.4 Å². The van der Waals surface area contributed by atoms with Crippen molar-refractivity contribution in [2.45, 2.75) is 55.9 Å². The van der Waals surface area contributed by atoms with Crippen LogP contribution in [0.15, 0.2) is 45.8 Å². The second kappa shape index (κ2) is 10.9. The molecule has 0 atom stereocenters. The number of thiazole rings is 1. The van der Waals surface area contributed by atoms with Crippen LogP contribution >= 0.6 is 11.3 Å². The van der Waals surface area contributed by atoms with Gasteiger partial charge in [-0.3, -0.25) is 13.9 Å². The van der Waals surface area contributed by atoms with E-state index in [2.05, 4.69) is 19.7 Å². The summed E-state index contributed by atoms with van der Waals surface area (Å²) >= 11 is 1.09. The third kappa shape index (κ3) is 5.60. The summed E-state index contributed by atoms with van der Waals surface area (Å²) in [6.07, 6.45) is 8.17. The highest BCUT2D eigenvalue weighted by atomic mass is 32.2. The molecular formula is C26H29N5O6S2. The molecule has 0 aromatic carbocycles. The van der Waals surface area contributed by atoms with E-state index in [9.17, 15) is 13.2 Å². The van der Waals surface area contributed by atoms with Gasteiger partial charge in [-0.2, -0.15) is 0 Å². The first-order chi connectivity index (χ1) is 18.7. The lowest BCUT2D eigenvalue weighted by atomic mass is 9.95. The van der Waals surface area contributed by atoms with Gasteiger partial charge in [0, 0.05) is 30.6 Å². The third-order valence-corrected chi connectivity index (χ3v) is 9.69. The Labute approximate surface area is 229 Å². The van der Waals surface area contributed by atoms with Gasteiger partial charge in [0.25, 0.3) is 15.6 Å². The molecule has 4 aromatic rings. The Morgan fingerprint density at radius 1 is 1.03 bits per heavy atom. The van der Waals surface area contributed by atoms with Crippen molar-refractivity contribution in [3.05, 3.63) is 57.8 Å². The molecule has 39 heavy (non-hydrogen) atoms. The topological polar surface area (TPSA) is 134 Å². The van der Waals surface area contributed by atoms with Crippen molar-refractivity contribution in [3.8, 4) is 22.8 Å². The molecule has 5 rings (SSSR count). The van der Waals surface area contributed by atoms with E-state index in [0.717, 1.165) is 37.0 Å². The molecule has 0 aliphatic heterocycles. The van der Waals surface area contributed by atoms with Crippen molar-refractivity contribution in [2.75, 3.05) is 18.9 Å². The first-order valence-electron chi connectivity index (χ1n) is 12.4. The highest BCUT2D eigenvalue weighted by molar-refractivity contribution is 7.94. The Morgan fingerprint density at radius 3 is 2.44 bits per heavy atom. The third-order valence-electron chi connectivity index (χ3n) is 6.65. The average molecular weight is 572 g/mol. The fourth-order valence-electron chi connectivity index (χ4n) is 4.68. The number of nitrogens with one attached hydrogen (secondary N) is 1. The SMILES string of the molecule is COc1ncc(-c2ccc3ncc(OC4CCC(OC)CC4)c(=O)n3c2)cc1NS(=O)(=O)c1sc(C)nc1C. The molecule has 0 saturated heterocycles. The molecule has 1 fully saturated rings. The van der Waals surface area contributed by atoms with Crippen LogP contribution in [0.1, 0.15) is 36.4 Å². The van der Waals surface area contributed by atoms with E-state index in [1.807, 2.05) is 0 Å². The molecule has 1 aliphatic rings. The molecule has 0 amide bonds. The molecule has 13 heteroatoms. The lowest BCUT2D eigenvalue weighted by molar-refractivity contribution is 0.0322. The monoisotopic (exact) mass is 571 g/mol. The zero-order valence-electron chi connectivity index (χ0n) is 22.0. The molecule has 1 N–H and O–H groups in total. The Balaban J connectivity index is 1.46. The Hall–Kier alpha value is -3.55. The fourth-order valence-corrected chi connectivity index (χ4v) is 7.21. The van der Waals surface area contributed by atoms with Crippen LogP contribution in [-0.2, 0) is 14.8 Å². The summed E-state index contributed by atoms with van der Waals surface area (Å²) in [4.78, 5) is 26.2. The average Bonchev–Trinajstić information content (AvgIpc) is 3.29. The number of pyridine rings is 2. The number of hydrogen-bond acceptors (Lipinski definition) is 10. The van der Waals surface area contributed by atoms with E-state index in [0.29, 0.717) is 27.5 Å². The van der Waals surface area contributed by atoms with Crippen molar-refractivity contribution in [1.82, 2.24) is 19.4 Å².